The van der Waals surface area contributed by atoms with Crippen LogP contribution in [-0.2, 0) is 28.6 Å². The Balaban J connectivity index is 4.54. The van der Waals surface area contributed by atoms with Gasteiger partial charge in [0.2, 0.25) is 0 Å². The molecule has 0 aromatic rings. The maximum Gasteiger partial charge on any atom is 0.306 e. The predicted molar refractivity (Wildman–Crippen MR) is 297 cm³/mol. The van der Waals surface area contributed by atoms with E-state index in [1.807, 2.05) is 6.08 Å². The normalized spacial score (nSPS) is 12.9. The topological polar surface area (TPSA) is 78.9 Å². The van der Waals surface area contributed by atoms with Gasteiger partial charge in [-0.25, -0.2) is 0 Å². The third-order valence-electron chi connectivity index (χ3n) is 11.7. The zero-order valence-electron chi connectivity index (χ0n) is 44.8. The van der Waals surface area contributed by atoms with Crippen LogP contribution in [0.4, 0.5) is 0 Å². The summed E-state index contributed by atoms with van der Waals surface area (Å²) in [5, 5.41) is 0. The van der Waals surface area contributed by atoms with Crippen LogP contribution in [0.2, 0.25) is 0 Å². The minimum atomic E-state index is -0.821. The molecular weight excluding hydrogens is 853 g/mol. The van der Waals surface area contributed by atoms with E-state index in [0.717, 1.165) is 103 Å². The molecule has 0 spiro atoms. The Hall–Kier alpha value is -3.93. The second kappa shape index (κ2) is 56.7. The van der Waals surface area contributed by atoms with Crippen LogP contribution in [0.15, 0.2) is 109 Å². The van der Waals surface area contributed by atoms with E-state index in [4.69, 9.17) is 14.2 Å². The van der Waals surface area contributed by atoms with Crippen LogP contribution in [-0.4, -0.2) is 37.2 Å². The maximum absolute atomic E-state index is 12.8. The van der Waals surface area contributed by atoms with E-state index >= 15 is 0 Å². The van der Waals surface area contributed by atoms with Gasteiger partial charge in [-0.15, -0.1) is 0 Å². The van der Waals surface area contributed by atoms with Crippen molar-refractivity contribution in [3.05, 3.63) is 109 Å². The third-order valence-corrected chi connectivity index (χ3v) is 11.7. The molecule has 392 valence electrons. The quantitative estimate of drug-likeness (QED) is 0.0262. The summed E-state index contributed by atoms with van der Waals surface area (Å²) in [6, 6.07) is 0. The van der Waals surface area contributed by atoms with Crippen molar-refractivity contribution in [2.75, 3.05) is 13.2 Å². The molecule has 0 bridgehead atoms. The summed E-state index contributed by atoms with van der Waals surface area (Å²) in [4.78, 5) is 38.1. The number of esters is 3. The second-order valence-corrected chi connectivity index (χ2v) is 18.5. The molecule has 69 heavy (non-hydrogen) atoms. The Labute approximate surface area is 425 Å². The maximum atomic E-state index is 12.8. The highest BCUT2D eigenvalue weighted by Crippen LogP contribution is 2.13. The third kappa shape index (κ3) is 54.9. The van der Waals surface area contributed by atoms with Crippen LogP contribution in [0.3, 0.4) is 0 Å². The average molecular weight is 958 g/mol. The fraction of sp³-hybridized carbons (Fsp3) is 0.667. The van der Waals surface area contributed by atoms with E-state index in [9.17, 15) is 14.4 Å². The van der Waals surface area contributed by atoms with Crippen molar-refractivity contribution in [1.29, 1.82) is 0 Å². The first-order chi connectivity index (χ1) is 34.0. The highest BCUT2D eigenvalue weighted by Gasteiger charge is 2.19. The van der Waals surface area contributed by atoms with Crippen molar-refractivity contribution in [1.82, 2.24) is 0 Å². The number of allylic oxidation sites excluding steroid dienone is 18. The lowest BCUT2D eigenvalue weighted by Gasteiger charge is -2.18. The van der Waals surface area contributed by atoms with Crippen LogP contribution in [0.1, 0.15) is 252 Å². The first-order valence-electron chi connectivity index (χ1n) is 28.4. The minimum absolute atomic E-state index is 0.112. The molecule has 1 atom stereocenters. The van der Waals surface area contributed by atoms with Gasteiger partial charge in [-0.05, 0) is 122 Å². The minimum Gasteiger partial charge on any atom is -0.462 e. The second-order valence-electron chi connectivity index (χ2n) is 18.5. The number of hydrogen-bond acceptors (Lipinski definition) is 6. The van der Waals surface area contributed by atoms with Gasteiger partial charge in [0.15, 0.2) is 6.10 Å². The van der Waals surface area contributed by atoms with Crippen molar-refractivity contribution in [3.8, 4) is 0 Å². The zero-order chi connectivity index (χ0) is 50.0. The van der Waals surface area contributed by atoms with Crippen LogP contribution < -0.4 is 0 Å². The van der Waals surface area contributed by atoms with E-state index < -0.39 is 6.10 Å². The zero-order valence-corrected chi connectivity index (χ0v) is 44.8. The van der Waals surface area contributed by atoms with E-state index in [0.29, 0.717) is 19.3 Å². The molecule has 0 aliphatic heterocycles. The number of ether oxygens (including phenoxy) is 3. The van der Waals surface area contributed by atoms with Crippen LogP contribution >= 0.6 is 0 Å². The van der Waals surface area contributed by atoms with E-state index in [-0.39, 0.29) is 37.5 Å². The summed E-state index contributed by atoms with van der Waals surface area (Å²) in [5.41, 5.74) is 0. The molecule has 0 saturated carbocycles. The fourth-order valence-electron chi connectivity index (χ4n) is 7.43. The molecule has 0 N–H and O–H groups in total. The molecule has 0 amide bonds. The molecule has 0 radical (unpaired) electrons. The lowest BCUT2D eigenvalue weighted by atomic mass is 10.1. The monoisotopic (exact) mass is 957 g/mol. The first-order valence-corrected chi connectivity index (χ1v) is 28.4. The first kappa shape index (κ1) is 65.1. The molecule has 0 aromatic heterocycles. The largest absolute Gasteiger partial charge is 0.462 e. The number of rotatable bonds is 50. The Morgan fingerprint density at radius 2 is 0.551 bits per heavy atom. The Kier molecular flexibility index (Phi) is 53.4. The van der Waals surface area contributed by atoms with Gasteiger partial charge in [-0.2, -0.15) is 0 Å². The number of hydrogen-bond donors (Lipinski definition) is 0. The highest BCUT2D eigenvalue weighted by molar-refractivity contribution is 5.71. The van der Waals surface area contributed by atoms with Crippen molar-refractivity contribution in [2.45, 2.75) is 258 Å². The van der Waals surface area contributed by atoms with Gasteiger partial charge in [0.25, 0.3) is 0 Å². The Bertz CT molecular complexity index is 1420. The lowest BCUT2D eigenvalue weighted by molar-refractivity contribution is -0.166. The van der Waals surface area contributed by atoms with E-state index in [2.05, 4.69) is 124 Å². The van der Waals surface area contributed by atoms with Gasteiger partial charge in [0, 0.05) is 19.3 Å². The smallest absolute Gasteiger partial charge is 0.306 e. The molecule has 0 aliphatic carbocycles. The molecule has 0 unspecified atom stereocenters. The summed E-state index contributed by atoms with van der Waals surface area (Å²) >= 11 is 0. The number of carbonyl (C=O) groups is 3. The summed E-state index contributed by atoms with van der Waals surface area (Å²) in [6.45, 7) is 6.48. The summed E-state index contributed by atoms with van der Waals surface area (Å²) < 4.78 is 16.8. The van der Waals surface area contributed by atoms with E-state index in [1.165, 1.54) is 103 Å². The van der Waals surface area contributed by atoms with Gasteiger partial charge in [0.1, 0.15) is 13.2 Å². The van der Waals surface area contributed by atoms with Gasteiger partial charge >= 0.3 is 17.9 Å². The van der Waals surface area contributed by atoms with Crippen molar-refractivity contribution in [2.24, 2.45) is 0 Å². The molecule has 0 aliphatic rings. The van der Waals surface area contributed by atoms with Crippen molar-refractivity contribution < 1.29 is 28.6 Å². The van der Waals surface area contributed by atoms with E-state index in [1.54, 1.807) is 0 Å². The van der Waals surface area contributed by atoms with Crippen LogP contribution in [0.25, 0.3) is 0 Å². The summed E-state index contributed by atoms with van der Waals surface area (Å²) in [7, 11) is 0. The average Bonchev–Trinajstić information content (AvgIpc) is 3.35. The molecule has 0 rings (SSSR count). The van der Waals surface area contributed by atoms with Gasteiger partial charge in [0.05, 0.1) is 0 Å². The number of unbranched alkanes of at least 4 members (excludes halogenated alkanes) is 21. The molecule has 0 saturated heterocycles. The standard InChI is InChI=1S/C63H104O6/c1-4-7-10-13-16-19-22-25-28-30-31-33-36-38-41-44-47-50-53-56-62(65)68-59-60(69-63(66)57-54-51-48-45-42-39-34-27-24-21-18-15-12-9-6-3)58-67-61(64)55-52-49-46-43-40-37-35-32-29-26-23-20-17-14-11-8-5-2/h16-21,25-29,31,33-34,38,41,47,50,60H,4-15,22-24,30,32,35-37,39-40,42-46,48-49,51-59H2,1-3H3/b19-16-,20-17-,21-18-,28-25-,29-26-,33-31-,34-27-,41-38-,50-47-/t60-/m0/s1. The Morgan fingerprint density at radius 1 is 0.290 bits per heavy atom. The fourth-order valence-corrected chi connectivity index (χ4v) is 7.43. The molecule has 6 heteroatoms. The molecule has 6 nitrogen and oxygen atoms in total. The molecule has 0 fully saturated rings. The van der Waals surface area contributed by atoms with Crippen LogP contribution in [0.5, 0.6) is 0 Å². The Morgan fingerprint density at radius 3 is 0.899 bits per heavy atom. The number of carbonyl (C=O) groups excluding carboxylic acids is 3. The summed E-state index contributed by atoms with van der Waals surface area (Å²) in [6.07, 6.45) is 76.5. The predicted octanol–water partition coefficient (Wildman–Crippen LogP) is 19.1. The lowest BCUT2D eigenvalue weighted by Crippen LogP contribution is -2.30. The van der Waals surface area contributed by atoms with Gasteiger partial charge in [-0.1, -0.05) is 220 Å². The van der Waals surface area contributed by atoms with Crippen molar-refractivity contribution in [3.63, 3.8) is 0 Å². The van der Waals surface area contributed by atoms with Crippen molar-refractivity contribution >= 4 is 17.9 Å². The SMILES string of the molecule is CCCCC/C=C\C/C=C\C/C=C\C/C=C\C/C=C\CCC(=O)OC[C@H](COC(=O)CCCCCCCCC/C=C\C/C=C\CCCCC)OC(=O)CCCCCCC/C=C\C/C=C\CCCCC. The van der Waals surface area contributed by atoms with Crippen LogP contribution in [0, 0.1) is 0 Å². The summed E-state index contributed by atoms with van der Waals surface area (Å²) in [5.74, 6) is -1.02. The van der Waals surface area contributed by atoms with Gasteiger partial charge in [-0.3, -0.25) is 14.4 Å². The molecule has 0 aromatic carbocycles. The van der Waals surface area contributed by atoms with Gasteiger partial charge < -0.3 is 14.2 Å². The molecule has 0 heterocycles. The molecular formula is C63H104O6. The highest BCUT2D eigenvalue weighted by atomic mass is 16.6.